The number of allylic oxidation sites excluding steroid dienone is 2. The molecule has 0 bridgehead atoms. The van der Waals surface area contributed by atoms with Crippen molar-refractivity contribution in [3.8, 4) is 0 Å². The maximum Gasteiger partial charge on any atom is 0.209 e. The van der Waals surface area contributed by atoms with E-state index < -0.39 is 17.2 Å². The van der Waals surface area contributed by atoms with E-state index in [1.807, 2.05) is 19.3 Å². The van der Waals surface area contributed by atoms with Crippen LogP contribution < -0.4 is 0 Å². The number of carbonyl (C=O) groups excluding carboxylic acids is 1. The molecule has 3 saturated heterocycles. The van der Waals surface area contributed by atoms with E-state index in [1.165, 1.54) is 19.3 Å². The summed E-state index contributed by atoms with van der Waals surface area (Å²) in [6.45, 7) is 11.0. The Morgan fingerprint density at radius 2 is 1.80 bits per heavy atom. The standard InChI is InChI=1S/C35H48O6/c1-21-8-15-35(38-19-21)22(2)30-29(40-35)17-27-26-7-6-23-16-25(37-5)11-12-31(23,3)28(26)18-33(32(27,30)4)20-39-34(41-33)13-9-24(36)10-14-34/h9-10,13-14,17,21-23,25-26,28-30H,6-8,11-12,15-16,18-20H2,1-5H3/t21-,22+,23+,25+,26+,28+,29+,30+,31+,32+,33+,35-/m1/s1. The first-order valence-electron chi connectivity index (χ1n) is 16.4. The summed E-state index contributed by atoms with van der Waals surface area (Å²) in [5, 5.41) is 0. The smallest absolute Gasteiger partial charge is 0.209 e. The fourth-order valence-electron chi connectivity index (χ4n) is 11.4. The second-order valence-corrected chi connectivity index (χ2v) is 15.5. The molecule has 6 heteroatoms. The summed E-state index contributed by atoms with van der Waals surface area (Å²) in [4.78, 5) is 12.1. The van der Waals surface area contributed by atoms with E-state index in [9.17, 15) is 4.79 Å². The van der Waals surface area contributed by atoms with E-state index in [1.54, 1.807) is 17.7 Å². The van der Waals surface area contributed by atoms with Crippen molar-refractivity contribution in [2.75, 3.05) is 20.3 Å². The van der Waals surface area contributed by atoms with Crippen molar-refractivity contribution < 1.29 is 28.5 Å². The molecule has 6 fully saturated rings. The lowest BCUT2D eigenvalue weighted by Crippen LogP contribution is -2.64. The SMILES string of the molecule is CO[C@H]1CC[C@@]2(C)[C@@H](CC[C@H]3C4=C[C@@H]5O[C@]6(CC[C@@H](C)CO6)[C@@H](C)[C@@H]5[C@@]4(C)[C@@]4(COC5(C=CC(=O)C=C5)O4)C[C@@H]32)C1. The molecule has 8 rings (SSSR count). The van der Waals surface area contributed by atoms with Crippen molar-refractivity contribution in [1.82, 2.24) is 0 Å². The number of hydrogen-bond donors (Lipinski definition) is 0. The molecule has 3 spiro atoms. The fourth-order valence-corrected chi connectivity index (χ4v) is 11.4. The molecule has 0 unspecified atom stereocenters. The largest absolute Gasteiger partial charge is 0.381 e. The summed E-state index contributed by atoms with van der Waals surface area (Å²) in [6, 6.07) is 0. The highest BCUT2D eigenvalue weighted by Gasteiger charge is 2.75. The van der Waals surface area contributed by atoms with Gasteiger partial charge >= 0.3 is 0 Å². The van der Waals surface area contributed by atoms with Crippen LogP contribution in [-0.2, 0) is 28.5 Å². The highest BCUT2D eigenvalue weighted by atomic mass is 16.8. The first kappa shape index (κ1) is 27.3. The van der Waals surface area contributed by atoms with Gasteiger partial charge in [-0.25, -0.2) is 0 Å². The number of hydrogen-bond acceptors (Lipinski definition) is 6. The number of fused-ring (bicyclic) bond motifs is 8. The molecule has 3 saturated carbocycles. The van der Waals surface area contributed by atoms with Crippen LogP contribution in [0.1, 0.15) is 79.1 Å². The molecular weight excluding hydrogens is 516 g/mol. The number of ether oxygens (including phenoxy) is 5. The zero-order valence-electron chi connectivity index (χ0n) is 25.5. The Morgan fingerprint density at radius 3 is 2.54 bits per heavy atom. The van der Waals surface area contributed by atoms with Gasteiger partial charge in [0, 0.05) is 30.8 Å². The lowest BCUT2D eigenvalue weighted by molar-refractivity contribution is -0.266. The van der Waals surface area contributed by atoms with Gasteiger partial charge < -0.3 is 23.7 Å². The van der Waals surface area contributed by atoms with Gasteiger partial charge in [-0.15, -0.1) is 0 Å². The summed E-state index contributed by atoms with van der Waals surface area (Å²) in [5.74, 6) is 1.30. The quantitative estimate of drug-likeness (QED) is 0.356. The van der Waals surface area contributed by atoms with Crippen LogP contribution in [-0.4, -0.2) is 55.5 Å². The van der Waals surface area contributed by atoms with Gasteiger partial charge in [-0.1, -0.05) is 39.3 Å². The van der Waals surface area contributed by atoms with Crippen LogP contribution in [0.15, 0.2) is 36.0 Å². The first-order chi connectivity index (χ1) is 19.6. The minimum Gasteiger partial charge on any atom is -0.381 e. The molecule has 5 aliphatic carbocycles. The van der Waals surface area contributed by atoms with Crippen molar-refractivity contribution >= 4 is 5.78 Å². The number of carbonyl (C=O) groups is 1. The Bertz CT molecular complexity index is 1190. The van der Waals surface area contributed by atoms with Crippen molar-refractivity contribution in [2.45, 2.75) is 108 Å². The third-order valence-electron chi connectivity index (χ3n) is 13.8. The van der Waals surface area contributed by atoms with Crippen molar-refractivity contribution in [2.24, 2.45) is 46.3 Å². The van der Waals surface area contributed by atoms with Crippen molar-refractivity contribution in [3.05, 3.63) is 36.0 Å². The molecule has 0 aromatic rings. The third-order valence-corrected chi connectivity index (χ3v) is 13.8. The van der Waals surface area contributed by atoms with Crippen LogP contribution >= 0.6 is 0 Å². The maximum atomic E-state index is 12.1. The Hall–Kier alpha value is -1.31. The molecule has 12 atom stereocenters. The third kappa shape index (κ3) is 3.52. The molecule has 0 aromatic carbocycles. The summed E-state index contributed by atoms with van der Waals surface area (Å²) in [6.07, 6.45) is 18.9. The predicted octanol–water partition coefficient (Wildman–Crippen LogP) is 6.15. The Morgan fingerprint density at radius 1 is 1.00 bits per heavy atom. The molecule has 3 heterocycles. The minimum absolute atomic E-state index is 0.0128. The van der Waals surface area contributed by atoms with Crippen LogP contribution in [0.4, 0.5) is 0 Å². The zero-order valence-corrected chi connectivity index (χ0v) is 25.5. The molecular formula is C35H48O6. The van der Waals surface area contributed by atoms with E-state index in [-0.39, 0.29) is 34.6 Å². The van der Waals surface area contributed by atoms with Gasteiger partial charge in [-0.05, 0) is 98.3 Å². The molecule has 8 aliphatic rings. The van der Waals surface area contributed by atoms with Crippen LogP contribution in [0.25, 0.3) is 0 Å². The Kier molecular flexibility index (Phi) is 5.90. The van der Waals surface area contributed by atoms with Gasteiger partial charge in [-0.2, -0.15) is 0 Å². The zero-order chi connectivity index (χ0) is 28.4. The van der Waals surface area contributed by atoms with Crippen LogP contribution in [0.5, 0.6) is 0 Å². The monoisotopic (exact) mass is 564 g/mol. The molecule has 6 nitrogen and oxygen atoms in total. The van der Waals surface area contributed by atoms with E-state index in [0.717, 1.165) is 38.7 Å². The van der Waals surface area contributed by atoms with Gasteiger partial charge in [0.2, 0.25) is 5.79 Å². The van der Waals surface area contributed by atoms with Crippen LogP contribution in [0.2, 0.25) is 0 Å². The highest BCUT2D eigenvalue weighted by Crippen LogP contribution is 2.74. The van der Waals surface area contributed by atoms with Gasteiger partial charge in [0.25, 0.3) is 0 Å². The minimum atomic E-state index is -0.979. The van der Waals surface area contributed by atoms with E-state index in [2.05, 4.69) is 33.8 Å². The lowest BCUT2D eigenvalue weighted by Gasteiger charge is -2.64. The molecule has 0 amide bonds. The Balaban J connectivity index is 1.22. The average Bonchev–Trinajstić information content (AvgIpc) is 3.57. The molecule has 41 heavy (non-hydrogen) atoms. The van der Waals surface area contributed by atoms with E-state index >= 15 is 0 Å². The summed E-state index contributed by atoms with van der Waals surface area (Å²) in [7, 11) is 1.88. The molecule has 0 radical (unpaired) electrons. The van der Waals surface area contributed by atoms with E-state index in [0.29, 0.717) is 36.4 Å². The van der Waals surface area contributed by atoms with Gasteiger partial charge in [-0.3, -0.25) is 4.79 Å². The normalized spacial score (nSPS) is 54.8. The topological polar surface area (TPSA) is 63.2 Å². The Labute approximate surface area is 245 Å². The second kappa shape index (κ2) is 8.88. The van der Waals surface area contributed by atoms with Crippen LogP contribution in [0, 0.1) is 46.3 Å². The van der Waals surface area contributed by atoms with E-state index in [4.69, 9.17) is 23.7 Å². The molecule has 0 aromatic heterocycles. The number of methoxy groups -OCH3 is 1. The van der Waals surface area contributed by atoms with Crippen molar-refractivity contribution in [1.29, 1.82) is 0 Å². The maximum absolute atomic E-state index is 12.1. The average molecular weight is 565 g/mol. The second-order valence-electron chi connectivity index (χ2n) is 15.5. The molecule has 0 N–H and O–H groups in total. The molecule has 3 aliphatic heterocycles. The first-order valence-corrected chi connectivity index (χ1v) is 16.4. The fraction of sp³-hybridized carbons (Fsp3) is 0.800. The molecule has 224 valence electrons. The highest BCUT2D eigenvalue weighted by molar-refractivity contribution is 6.00. The summed E-state index contributed by atoms with van der Waals surface area (Å²) < 4.78 is 33.5. The van der Waals surface area contributed by atoms with Gasteiger partial charge in [0.1, 0.15) is 5.60 Å². The number of rotatable bonds is 1. The van der Waals surface area contributed by atoms with Gasteiger partial charge in [0.05, 0.1) is 25.4 Å². The van der Waals surface area contributed by atoms with Crippen molar-refractivity contribution in [3.63, 3.8) is 0 Å². The van der Waals surface area contributed by atoms with Gasteiger partial charge in [0.15, 0.2) is 11.6 Å². The van der Waals surface area contributed by atoms with Crippen LogP contribution in [0.3, 0.4) is 0 Å². The summed E-state index contributed by atoms with van der Waals surface area (Å²) in [5.41, 5.74) is 1.05. The summed E-state index contributed by atoms with van der Waals surface area (Å²) >= 11 is 0. The lowest BCUT2D eigenvalue weighted by atomic mass is 9.42. The number of ketones is 1. The predicted molar refractivity (Wildman–Crippen MR) is 154 cm³/mol.